The third-order valence-corrected chi connectivity index (χ3v) is 3.86. The number of anilines is 1. The number of carbonyl (C=O) groups excluding carboxylic acids is 1. The normalized spacial score (nSPS) is 11.8. The standard InChI is InChI=1S/C19H22ClNO2/c1-3-4-7-15-10-12-16(13-11-15)21-19(22)14(2)23-18-9-6-5-8-17(18)20/h5-6,8-14H,3-4,7H2,1-2H3,(H,21,22)/t14-/m0/s1. The topological polar surface area (TPSA) is 38.3 Å². The van der Waals surface area contributed by atoms with Gasteiger partial charge in [0.15, 0.2) is 6.10 Å². The van der Waals surface area contributed by atoms with E-state index in [4.69, 9.17) is 16.3 Å². The third kappa shape index (κ3) is 5.29. The Kier molecular flexibility index (Phi) is 6.48. The first-order valence-electron chi connectivity index (χ1n) is 7.91. The lowest BCUT2D eigenvalue weighted by atomic mass is 10.1. The van der Waals surface area contributed by atoms with Gasteiger partial charge in [-0.25, -0.2) is 0 Å². The van der Waals surface area contributed by atoms with E-state index >= 15 is 0 Å². The van der Waals surface area contributed by atoms with Crippen molar-refractivity contribution >= 4 is 23.2 Å². The molecule has 0 radical (unpaired) electrons. The Bertz CT molecular complexity index is 640. The monoisotopic (exact) mass is 331 g/mol. The average molecular weight is 332 g/mol. The summed E-state index contributed by atoms with van der Waals surface area (Å²) >= 11 is 6.04. The molecule has 4 heteroatoms. The number of hydrogen-bond acceptors (Lipinski definition) is 2. The van der Waals surface area contributed by atoms with Gasteiger partial charge in [-0.05, 0) is 49.6 Å². The molecular formula is C19H22ClNO2. The zero-order chi connectivity index (χ0) is 16.7. The van der Waals surface area contributed by atoms with E-state index < -0.39 is 6.10 Å². The molecule has 1 atom stereocenters. The van der Waals surface area contributed by atoms with Crippen molar-refractivity contribution in [2.24, 2.45) is 0 Å². The molecule has 0 bridgehead atoms. The van der Waals surface area contributed by atoms with Crippen LogP contribution in [-0.2, 0) is 11.2 Å². The van der Waals surface area contributed by atoms with Gasteiger partial charge in [-0.1, -0.05) is 49.2 Å². The van der Waals surface area contributed by atoms with Gasteiger partial charge in [0.2, 0.25) is 0 Å². The van der Waals surface area contributed by atoms with Crippen LogP contribution >= 0.6 is 11.6 Å². The van der Waals surface area contributed by atoms with Crippen molar-refractivity contribution in [1.82, 2.24) is 0 Å². The number of benzene rings is 2. The second kappa shape index (κ2) is 8.59. The number of unbranched alkanes of at least 4 members (excludes halogenated alkanes) is 1. The first kappa shape index (κ1) is 17.4. The van der Waals surface area contributed by atoms with E-state index in [2.05, 4.69) is 12.2 Å². The Hall–Kier alpha value is -2.00. The molecule has 0 heterocycles. The maximum absolute atomic E-state index is 12.2. The van der Waals surface area contributed by atoms with Gasteiger partial charge < -0.3 is 10.1 Å². The molecule has 0 fully saturated rings. The molecule has 0 spiro atoms. The fourth-order valence-electron chi connectivity index (χ4n) is 2.16. The summed E-state index contributed by atoms with van der Waals surface area (Å²) in [7, 11) is 0. The molecule has 0 saturated heterocycles. The summed E-state index contributed by atoms with van der Waals surface area (Å²) in [5, 5.41) is 3.35. The van der Waals surface area contributed by atoms with E-state index in [1.807, 2.05) is 36.4 Å². The molecule has 1 amide bonds. The van der Waals surface area contributed by atoms with Gasteiger partial charge in [-0.2, -0.15) is 0 Å². The first-order valence-corrected chi connectivity index (χ1v) is 8.29. The van der Waals surface area contributed by atoms with Crippen molar-refractivity contribution in [3.63, 3.8) is 0 Å². The summed E-state index contributed by atoms with van der Waals surface area (Å²) < 4.78 is 5.61. The van der Waals surface area contributed by atoms with Gasteiger partial charge in [0.05, 0.1) is 5.02 Å². The minimum Gasteiger partial charge on any atom is -0.479 e. The van der Waals surface area contributed by atoms with Gasteiger partial charge in [0.1, 0.15) is 5.75 Å². The quantitative estimate of drug-likeness (QED) is 0.767. The van der Waals surface area contributed by atoms with Crippen LogP contribution in [0.4, 0.5) is 5.69 Å². The highest BCUT2D eigenvalue weighted by atomic mass is 35.5. The lowest BCUT2D eigenvalue weighted by molar-refractivity contribution is -0.122. The van der Waals surface area contributed by atoms with Crippen LogP contribution in [0.2, 0.25) is 5.02 Å². The second-order valence-electron chi connectivity index (χ2n) is 5.48. The van der Waals surface area contributed by atoms with Crippen LogP contribution in [0, 0.1) is 0 Å². The van der Waals surface area contributed by atoms with Gasteiger partial charge in [-0.3, -0.25) is 4.79 Å². The predicted molar refractivity (Wildman–Crippen MR) is 95.2 cm³/mol. The summed E-state index contributed by atoms with van der Waals surface area (Å²) in [6.45, 7) is 3.88. The van der Waals surface area contributed by atoms with Crippen LogP contribution in [0.15, 0.2) is 48.5 Å². The van der Waals surface area contributed by atoms with Crippen molar-refractivity contribution in [3.8, 4) is 5.75 Å². The smallest absolute Gasteiger partial charge is 0.265 e. The average Bonchev–Trinajstić information content (AvgIpc) is 2.56. The highest BCUT2D eigenvalue weighted by Crippen LogP contribution is 2.24. The molecule has 2 aromatic rings. The summed E-state index contributed by atoms with van der Waals surface area (Å²) in [5.41, 5.74) is 2.05. The molecule has 2 rings (SSSR count). The van der Waals surface area contributed by atoms with Crippen molar-refractivity contribution in [3.05, 3.63) is 59.1 Å². The number of carbonyl (C=O) groups is 1. The molecule has 122 valence electrons. The van der Waals surface area contributed by atoms with Crippen LogP contribution in [0.1, 0.15) is 32.3 Å². The second-order valence-corrected chi connectivity index (χ2v) is 5.89. The van der Waals surface area contributed by atoms with E-state index in [1.54, 1.807) is 19.1 Å². The number of hydrogen-bond donors (Lipinski definition) is 1. The van der Waals surface area contributed by atoms with E-state index in [9.17, 15) is 4.79 Å². The van der Waals surface area contributed by atoms with Crippen LogP contribution in [0.25, 0.3) is 0 Å². The number of rotatable bonds is 7. The van der Waals surface area contributed by atoms with Crippen molar-refractivity contribution < 1.29 is 9.53 Å². The van der Waals surface area contributed by atoms with Crippen LogP contribution in [0.5, 0.6) is 5.75 Å². The Morgan fingerprint density at radius 1 is 1.17 bits per heavy atom. The minimum absolute atomic E-state index is 0.203. The molecule has 0 saturated carbocycles. The summed E-state index contributed by atoms with van der Waals surface area (Å²) in [4.78, 5) is 12.2. The lowest BCUT2D eigenvalue weighted by Gasteiger charge is -2.15. The van der Waals surface area contributed by atoms with Gasteiger partial charge in [0.25, 0.3) is 5.91 Å². The van der Waals surface area contributed by atoms with E-state index in [1.165, 1.54) is 18.4 Å². The van der Waals surface area contributed by atoms with E-state index in [0.29, 0.717) is 10.8 Å². The Morgan fingerprint density at radius 3 is 2.52 bits per heavy atom. The van der Waals surface area contributed by atoms with Crippen molar-refractivity contribution in [1.29, 1.82) is 0 Å². The van der Waals surface area contributed by atoms with Crippen molar-refractivity contribution in [2.45, 2.75) is 39.2 Å². The Morgan fingerprint density at radius 2 is 1.87 bits per heavy atom. The molecule has 3 nitrogen and oxygen atoms in total. The highest BCUT2D eigenvalue weighted by Gasteiger charge is 2.16. The van der Waals surface area contributed by atoms with E-state index in [-0.39, 0.29) is 5.91 Å². The molecule has 0 aliphatic carbocycles. The fourth-order valence-corrected chi connectivity index (χ4v) is 2.34. The van der Waals surface area contributed by atoms with Gasteiger partial charge >= 0.3 is 0 Å². The number of ether oxygens (including phenoxy) is 1. The molecule has 1 N–H and O–H groups in total. The van der Waals surface area contributed by atoms with Crippen LogP contribution < -0.4 is 10.1 Å². The number of halogens is 1. The summed E-state index contributed by atoms with van der Waals surface area (Å²) in [6, 6.07) is 15.1. The number of amides is 1. The zero-order valence-electron chi connectivity index (χ0n) is 13.5. The van der Waals surface area contributed by atoms with E-state index in [0.717, 1.165) is 12.1 Å². The number of para-hydroxylation sites is 1. The molecule has 2 aromatic carbocycles. The van der Waals surface area contributed by atoms with Crippen LogP contribution in [-0.4, -0.2) is 12.0 Å². The maximum atomic E-state index is 12.2. The molecule has 23 heavy (non-hydrogen) atoms. The SMILES string of the molecule is CCCCc1ccc(NC(=O)[C@H](C)Oc2ccccc2Cl)cc1. The minimum atomic E-state index is -0.630. The fraction of sp³-hybridized carbons (Fsp3) is 0.316. The molecule has 0 unspecified atom stereocenters. The van der Waals surface area contributed by atoms with Gasteiger partial charge in [-0.15, -0.1) is 0 Å². The van der Waals surface area contributed by atoms with Gasteiger partial charge in [0, 0.05) is 5.69 Å². The number of aryl methyl sites for hydroxylation is 1. The summed E-state index contributed by atoms with van der Waals surface area (Å²) in [5.74, 6) is 0.304. The number of nitrogens with one attached hydrogen (secondary N) is 1. The molecule has 0 aliphatic heterocycles. The Labute approximate surface area is 142 Å². The van der Waals surface area contributed by atoms with Crippen molar-refractivity contribution in [2.75, 3.05) is 5.32 Å². The van der Waals surface area contributed by atoms with Crippen LogP contribution in [0.3, 0.4) is 0 Å². The molecule has 0 aromatic heterocycles. The maximum Gasteiger partial charge on any atom is 0.265 e. The largest absolute Gasteiger partial charge is 0.479 e. The highest BCUT2D eigenvalue weighted by molar-refractivity contribution is 6.32. The Balaban J connectivity index is 1.91. The summed E-state index contributed by atoms with van der Waals surface area (Å²) in [6.07, 6.45) is 2.79. The lowest BCUT2D eigenvalue weighted by Crippen LogP contribution is -2.30. The third-order valence-electron chi connectivity index (χ3n) is 3.55. The zero-order valence-corrected chi connectivity index (χ0v) is 14.3. The molecular weight excluding hydrogens is 310 g/mol. The first-order chi connectivity index (χ1) is 11.1. The predicted octanol–water partition coefficient (Wildman–Crippen LogP) is 5.09. The molecule has 0 aliphatic rings.